The summed E-state index contributed by atoms with van der Waals surface area (Å²) < 4.78 is 25.0. The first kappa shape index (κ1) is 10.4. The van der Waals surface area contributed by atoms with Gasteiger partial charge in [-0.2, -0.15) is 4.31 Å². The van der Waals surface area contributed by atoms with E-state index >= 15 is 0 Å². The number of sulfonamides is 1. The summed E-state index contributed by atoms with van der Waals surface area (Å²) in [7, 11) is -3.52. The number of aliphatic hydroxyl groups is 1. The fourth-order valence-electron chi connectivity index (χ4n) is 1.47. The molecule has 1 aromatic rings. The van der Waals surface area contributed by atoms with Crippen LogP contribution in [0.3, 0.4) is 0 Å². The lowest BCUT2D eigenvalue weighted by atomic mass is 10.2. The molecule has 0 aromatic heterocycles. The van der Waals surface area contributed by atoms with Gasteiger partial charge >= 0.3 is 0 Å². The van der Waals surface area contributed by atoms with E-state index in [-0.39, 0.29) is 23.7 Å². The van der Waals surface area contributed by atoms with Gasteiger partial charge in [-0.15, -0.1) is 0 Å². The first-order chi connectivity index (χ1) is 7.01. The molecule has 1 aliphatic rings. The minimum absolute atomic E-state index is 0.108. The highest BCUT2D eigenvalue weighted by Crippen LogP contribution is 2.25. The summed E-state index contributed by atoms with van der Waals surface area (Å²) in [5.74, 6) is 0. The quantitative estimate of drug-likeness (QED) is 0.677. The number of hydrogen-bond donors (Lipinski definition) is 2. The van der Waals surface area contributed by atoms with Crippen molar-refractivity contribution in [2.24, 2.45) is 0 Å². The van der Waals surface area contributed by atoms with Gasteiger partial charge in [-0.05, 0) is 12.1 Å². The van der Waals surface area contributed by atoms with E-state index in [9.17, 15) is 8.42 Å². The van der Waals surface area contributed by atoms with Crippen molar-refractivity contribution in [2.75, 3.05) is 18.8 Å². The van der Waals surface area contributed by atoms with Gasteiger partial charge in [0, 0.05) is 13.1 Å². The molecule has 0 aliphatic carbocycles. The van der Waals surface area contributed by atoms with E-state index in [2.05, 4.69) is 0 Å². The zero-order valence-corrected chi connectivity index (χ0v) is 8.81. The van der Waals surface area contributed by atoms with Crippen molar-refractivity contribution in [1.29, 1.82) is 0 Å². The Morgan fingerprint density at radius 1 is 1.33 bits per heavy atom. The third-order valence-electron chi connectivity index (χ3n) is 2.37. The molecule has 0 bridgehead atoms. The molecule has 3 N–H and O–H groups in total. The monoisotopic (exact) mass is 228 g/mol. The topological polar surface area (TPSA) is 83.6 Å². The molecule has 0 unspecified atom stereocenters. The molecule has 0 radical (unpaired) electrons. The van der Waals surface area contributed by atoms with Crippen LogP contribution in [0, 0.1) is 0 Å². The van der Waals surface area contributed by atoms with Crippen molar-refractivity contribution in [2.45, 2.75) is 11.0 Å². The fourth-order valence-corrected chi connectivity index (χ4v) is 3.10. The number of nitrogen functional groups attached to an aromatic ring is 1. The predicted octanol–water partition coefficient (Wildman–Crippen LogP) is -0.366. The maximum absolute atomic E-state index is 11.9. The number of para-hydroxylation sites is 1. The van der Waals surface area contributed by atoms with Crippen molar-refractivity contribution in [3.05, 3.63) is 24.3 Å². The number of rotatable bonds is 2. The lowest BCUT2D eigenvalue weighted by molar-refractivity contribution is 0.0548. The molecule has 2 rings (SSSR count). The molecule has 0 atom stereocenters. The number of benzene rings is 1. The summed E-state index contributed by atoms with van der Waals surface area (Å²) in [6, 6.07) is 6.32. The Kier molecular flexibility index (Phi) is 2.41. The van der Waals surface area contributed by atoms with E-state index in [0.717, 1.165) is 0 Å². The van der Waals surface area contributed by atoms with Gasteiger partial charge in [-0.1, -0.05) is 12.1 Å². The molecule has 0 saturated carbocycles. The van der Waals surface area contributed by atoms with Gasteiger partial charge in [-0.25, -0.2) is 8.42 Å². The minimum Gasteiger partial charge on any atom is -0.398 e. The Morgan fingerprint density at radius 3 is 2.47 bits per heavy atom. The Balaban J connectivity index is 2.35. The Morgan fingerprint density at radius 2 is 1.93 bits per heavy atom. The van der Waals surface area contributed by atoms with Crippen molar-refractivity contribution >= 4 is 15.7 Å². The van der Waals surface area contributed by atoms with E-state index in [1.54, 1.807) is 18.2 Å². The van der Waals surface area contributed by atoms with Gasteiger partial charge in [0.25, 0.3) is 0 Å². The van der Waals surface area contributed by atoms with Crippen LogP contribution in [0.4, 0.5) is 5.69 Å². The minimum atomic E-state index is -3.52. The van der Waals surface area contributed by atoms with Gasteiger partial charge in [0.2, 0.25) is 10.0 Å². The van der Waals surface area contributed by atoms with Gasteiger partial charge in [0.05, 0.1) is 11.8 Å². The first-order valence-corrected chi connectivity index (χ1v) is 5.98. The third-order valence-corrected chi connectivity index (χ3v) is 4.27. The molecule has 5 nitrogen and oxygen atoms in total. The van der Waals surface area contributed by atoms with E-state index in [4.69, 9.17) is 10.8 Å². The highest BCUT2D eigenvalue weighted by atomic mass is 32.2. The van der Waals surface area contributed by atoms with Crippen LogP contribution in [0.15, 0.2) is 29.2 Å². The third kappa shape index (κ3) is 1.71. The standard InChI is InChI=1S/C9H12N2O3S/c10-8-3-1-2-4-9(8)15(13,14)11-5-7(12)6-11/h1-4,7,12H,5-6,10H2. The zero-order chi connectivity index (χ0) is 11.1. The van der Waals surface area contributed by atoms with Crippen molar-refractivity contribution in [3.63, 3.8) is 0 Å². The predicted molar refractivity (Wildman–Crippen MR) is 55.6 cm³/mol. The molecule has 0 amide bonds. The maximum atomic E-state index is 11.9. The van der Waals surface area contributed by atoms with Crippen molar-refractivity contribution < 1.29 is 13.5 Å². The number of nitrogens with two attached hydrogens (primary N) is 1. The second-order valence-corrected chi connectivity index (χ2v) is 5.42. The molecule has 1 fully saturated rings. The van der Waals surface area contributed by atoms with Crippen LogP contribution in [0.1, 0.15) is 0 Å². The van der Waals surface area contributed by atoms with Crippen molar-refractivity contribution in [1.82, 2.24) is 4.31 Å². The highest BCUT2D eigenvalue weighted by Gasteiger charge is 2.36. The van der Waals surface area contributed by atoms with Crippen LogP contribution in [0.2, 0.25) is 0 Å². The summed E-state index contributed by atoms with van der Waals surface area (Å²) in [6.07, 6.45) is -0.551. The number of hydrogen-bond acceptors (Lipinski definition) is 4. The van der Waals surface area contributed by atoms with E-state index in [1.165, 1.54) is 10.4 Å². The van der Waals surface area contributed by atoms with Gasteiger partial charge in [0.1, 0.15) is 4.90 Å². The second kappa shape index (κ2) is 3.48. The van der Waals surface area contributed by atoms with Crippen molar-refractivity contribution in [3.8, 4) is 0 Å². The SMILES string of the molecule is Nc1ccccc1S(=O)(=O)N1CC(O)C1. The van der Waals surface area contributed by atoms with E-state index < -0.39 is 16.1 Å². The Labute approximate surface area is 88.2 Å². The smallest absolute Gasteiger partial charge is 0.245 e. The second-order valence-electron chi connectivity index (χ2n) is 3.51. The first-order valence-electron chi connectivity index (χ1n) is 4.54. The van der Waals surface area contributed by atoms with Crippen LogP contribution >= 0.6 is 0 Å². The van der Waals surface area contributed by atoms with Crippen LogP contribution < -0.4 is 5.73 Å². The molecular formula is C9H12N2O3S. The van der Waals surface area contributed by atoms with Crippen LogP contribution in [0.5, 0.6) is 0 Å². The van der Waals surface area contributed by atoms with Crippen LogP contribution in [-0.4, -0.2) is 37.0 Å². The molecule has 1 heterocycles. The normalized spacial score (nSPS) is 18.7. The maximum Gasteiger partial charge on any atom is 0.245 e. The summed E-state index contributed by atoms with van der Waals surface area (Å²) in [5.41, 5.74) is 5.82. The molecule has 15 heavy (non-hydrogen) atoms. The summed E-state index contributed by atoms with van der Waals surface area (Å²) in [4.78, 5) is 0.108. The zero-order valence-electron chi connectivity index (χ0n) is 8.00. The molecule has 1 aliphatic heterocycles. The van der Waals surface area contributed by atoms with E-state index in [0.29, 0.717) is 0 Å². The summed E-state index contributed by atoms with van der Waals surface area (Å²) >= 11 is 0. The number of anilines is 1. The molecule has 0 spiro atoms. The van der Waals surface area contributed by atoms with E-state index in [1.807, 2.05) is 0 Å². The van der Waals surface area contributed by atoms with Gasteiger partial charge in [0.15, 0.2) is 0 Å². The lowest BCUT2D eigenvalue weighted by Gasteiger charge is -2.34. The number of β-amino-alcohol motifs (C(OH)–C–C–N with tert-alkyl or cyclic N) is 1. The van der Waals surface area contributed by atoms with Gasteiger partial charge in [-0.3, -0.25) is 0 Å². The summed E-state index contributed by atoms with van der Waals surface area (Å²) in [5, 5.41) is 9.06. The van der Waals surface area contributed by atoms with Crippen LogP contribution in [-0.2, 0) is 10.0 Å². The molecular weight excluding hydrogens is 216 g/mol. The number of nitrogens with zero attached hydrogens (tertiary/aromatic N) is 1. The lowest BCUT2D eigenvalue weighted by Crippen LogP contribution is -2.53. The average molecular weight is 228 g/mol. The largest absolute Gasteiger partial charge is 0.398 e. The average Bonchev–Trinajstić information content (AvgIpc) is 2.13. The van der Waals surface area contributed by atoms with Gasteiger partial charge < -0.3 is 10.8 Å². The molecule has 6 heteroatoms. The summed E-state index contributed by atoms with van der Waals surface area (Å²) in [6.45, 7) is 0.299. The highest BCUT2D eigenvalue weighted by molar-refractivity contribution is 7.89. The number of aliphatic hydroxyl groups excluding tert-OH is 1. The molecule has 82 valence electrons. The molecule has 1 saturated heterocycles. The van der Waals surface area contributed by atoms with Crippen LogP contribution in [0.25, 0.3) is 0 Å². The molecule has 1 aromatic carbocycles. The fraction of sp³-hybridized carbons (Fsp3) is 0.333. The Hall–Kier alpha value is -1.11. The Bertz CT molecular complexity index is 466.